The van der Waals surface area contributed by atoms with Gasteiger partial charge in [0.15, 0.2) is 6.61 Å². The minimum Gasteiger partial charge on any atom is -0.484 e. The summed E-state index contributed by atoms with van der Waals surface area (Å²) in [5.74, 6) is 0.795. The van der Waals surface area contributed by atoms with E-state index >= 15 is 0 Å². The number of amides is 2. The van der Waals surface area contributed by atoms with E-state index in [4.69, 9.17) is 4.74 Å². The Morgan fingerprint density at radius 2 is 1.75 bits per heavy atom. The number of ether oxygens (including phenoxy) is 1. The van der Waals surface area contributed by atoms with E-state index in [0.717, 1.165) is 12.8 Å². The third kappa shape index (κ3) is 5.32. The molecule has 2 fully saturated rings. The lowest BCUT2D eigenvalue weighted by atomic mass is 9.78. The molecule has 0 radical (unpaired) electrons. The first-order chi connectivity index (χ1) is 15.6. The largest absolute Gasteiger partial charge is 0.484 e. The molecule has 1 N–H and O–H groups in total. The van der Waals surface area contributed by atoms with Crippen molar-refractivity contribution in [3.05, 3.63) is 65.7 Å². The van der Waals surface area contributed by atoms with Gasteiger partial charge in [0.25, 0.3) is 5.91 Å². The minimum atomic E-state index is -0.0231. The first-order valence-electron chi connectivity index (χ1n) is 11.9. The van der Waals surface area contributed by atoms with E-state index in [9.17, 15) is 9.59 Å². The molecule has 2 amide bonds. The van der Waals surface area contributed by atoms with Crippen LogP contribution in [0.3, 0.4) is 0 Å². The fourth-order valence-corrected chi connectivity index (χ4v) is 5.14. The smallest absolute Gasteiger partial charge is 0.260 e. The van der Waals surface area contributed by atoms with Gasteiger partial charge in [-0.25, -0.2) is 0 Å². The Balaban J connectivity index is 1.26. The molecule has 2 aliphatic rings. The SMILES string of the molecule is Cc1cccc(C2(CNC(=O)C3CCN(C(=O)COc4ccccc4)CC3)CCCC2)c1. The summed E-state index contributed by atoms with van der Waals surface area (Å²) < 4.78 is 5.58. The molecule has 2 aromatic rings. The Bertz CT molecular complexity index is 914. The topological polar surface area (TPSA) is 58.6 Å². The second-order valence-electron chi connectivity index (χ2n) is 9.33. The van der Waals surface area contributed by atoms with Crippen molar-refractivity contribution in [1.29, 1.82) is 0 Å². The number of hydrogen-bond donors (Lipinski definition) is 1. The Morgan fingerprint density at radius 3 is 2.44 bits per heavy atom. The van der Waals surface area contributed by atoms with Crippen molar-refractivity contribution in [3.8, 4) is 5.75 Å². The van der Waals surface area contributed by atoms with Crippen molar-refractivity contribution in [2.24, 2.45) is 5.92 Å². The van der Waals surface area contributed by atoms with Gasteiger partial charge in [-0.3, -0.25) is 9.59 Å². The highest BCUT2D eigenvalue weighted by molar-refractivity contribution is 5.80. The average molecular weight is 435 g/mol. The lowest BCUT2D eigenvalue weighted by Gasteiger charge is -2.34. The Hall–Kier alpha value is -2.82. The van der Waals surface area contributed by atoms with Crippen molar-refractivity contribution in [2.45, 2.75) is 50.9 Å². The first kappa shape index (κ1) is 22.4. The molecule has 0 bridgehead atoms. The zero-order chi connectivity index (χ0) is 22.4. The van der Waals surface area contributed by atoms with Crippen LogP contribution < -0.4 is 10.1 Å². The number of rotatable bonds is 7. The summed E-state index contributed by atoms with van der Waals surface area (Å²) in [5, 5.41) is 3.28. The first-order valence-corrected chi connectivity index (χ1v) is 11.9. The van der Waals surface area contributed by atoms with Gasteiger partial charge in [-0.2, -0.15) is 0 Å². The van der Waals surface area contributed by atoms with Gasteiger partial charge in [-0.1, -0.05) is 60.9 Å². The van der Waals surface area contributed by atoms with E-state index in [1.54, 1.807) is 0 Å². The van der Waals surface area contributed by atoms with Crippen LogP contribution in [0.4, 0.5) is 0 Å². The zero-order valence-electron chi connectivity index (χ0n) is 19.0. The number of aryl methyl sites for hydroxylation is 1. The molecule has 1 aliphatic heterocycles. The van der Waals surface area contributed by atoms with Crippen LogP contribution >= 0.6 is 0 Å². The molecule has 32 heavy (non-hydrogen) atoms. The molecule has 0 aromatic heterocycles. The molecular formula is C27H34N2O3. The number of carbonyl (C=O) groups is 2. The molecule has 5 heteroatoms. The number of benzene rings is 2. The second-order valence-corrected chi connectivity index (χ2v) is 9.33. The van der Waals surface area contributed by atoms with Crippen LogP contribution in [0, 0.1) is 12.8 Å². The number of hydrogen-bond acceptors (Lipinski definition) is 3. The van der Waals surface area contributed by atoms with Crippen molar-refractivity contribution < 1.29 is 14.3 Å². The molecule has 2 aromatic carbocycles. The van der Waals surface area contributed by atoms with Crippen LogP contribution in [0.15, 0.2) is 54.6 Å². The van der Waals surface area contributed by atoms with Crippen molar-refractivity contribution in [3.63, 3.8) is 0 Å². The number of nitrogens with zero attached hydrogens (tertiary/aromatic N) is 1. The number of piperidine rings is 1. The highest BCUT2D eigenvalue weighted by atomic mass is 16.5. The number of carbonyl (C=O) groups excluding carboxylic acids is 2. The molecule has 1 aliphatic carbocycles. The summed E-state index contributed by atoms with van der Waals surface area (Å²) in [4.78, 5) is 27.2. The maximum atomic E-state index is 12.9. The average Bonchev–Trinajstić information content (AvgIpc) is 3.32. The molecule has 0 unspecified atom stereocenters. The Labute approximate surface area is 191 Å². The third-order valence-corrected chi connectivity index (χ3v) is 7.12. The van der Waals surface area contributed by atoms with Crippen LogP contribution in [-0.2, 0) is 15.0 Å². The number of likely N-dealkylation sites (tertiary alicyclic amines) is 1. The highest BCUT2D eigenvalue weighted by Gasteiger charge is 2.37. The maximum absolute atomic E-state index is 12.9. The third-order valence-electron chi connectivity index (χ3n) is 7.12. The van der Waals surface area contributed by atoms with Gasteiger partial charge < -0.3 is 15.0 Å². The fraction of sp³-hybridized carbons (Fsp3) is 0.481. The predicted octanol–water partition coefficient (Wildman–Crippen LogP) is 4.24. The zero-order valence-corrected chi connectivity index (χ0v) is 19.0. The molecule has 170 valence electrons. The van der Waals surface area contributed by atoms with Crippen LogP contribution in [0.25, 0.3) is 0 Å². The quantitative estimate of drug-likeness (QED) is 0.709. The van der Waals surface area contributed by atoms with Gasteiger partial charge >= 0.3 is 0 Å². The van der Waals surface area contributed by atoms with E-state index in [2.05, 4.69) is 36.5 Å². The molecule has 1 saturated heterocycles. The van der Waals surface area contributed by atoms with E-state index < -0.39 is 0 Å². The summed E-state index contributed by atoms with van der Waals surface area (Å²) in [6.07, 6.45) is 6.11. The molecule has 0 spiro atoms. The normalized spacial score (nSPS) is 18.3. The van der Waals surface area contributed by atoms with Crippen molar-refractivity contribution >= 4 is 11.8 Å². The van der Waals surface area contributed by atoms with E-state index in [0.29, 0.717) is 38.2 Å². The van der Waals surface area contributed by atoms with E-state index in [1.807, 2.05) is 35.2 Å². The van der Waals surface area contributed by atoms with Crippen molar-refractivity contribution in [1.82, 2.24) is 10.2 Å². The van der Waals surface area contributed by atoms with E-state index in [-0.39, 0.29) is 29.8 Å². The molecule has 4 rings (SSSR count). The van der Waals surface area contributed by atoms with Gasteiger partial charge in [0.1, 0.15) is 5.75 Å². The van der Waals surface area contributed by atoms with Gasteiger partial charge in [0.2, 0.25) is 5.91 Å². The van der Waals surface area contributed by atoms with Gasteiger partial charge in [-0.15, -0.1) is 0 Å². The highest BCUT2D eigenvalue weighted by Crippen LogP contribution is 2.41. The van der Waals surface area contributed by atoms with Crippen LogP contribution in [-0.4, -0.2) is 43.0 Å². The van der Waals surface area contributed by atoms with Crippen LogP contribution in [0.2, 0.25) is 0 Å². The van der Waals surface area contributed by atoms with Gasteiger partial charge in [0.05, 0.1) is 0 Å². The predicted molar refractivity (Wildman–Crippen MR) is 126 cm³/mol. The van der Waals surface area contributed by atoms with E-state index in [1.165, 1.54) is 24.0 Å². The molecule has 0 atom stereocenters. The fourth-order valence-electron chi connectivity index (χ4n) is 5.14. The molecular weight excluding hydrogens is 400 g/mol. The number of nitrogens with one attached hydrogen (secondary N) is 1. The standard InChI is InChI=1S/C27H34N2O3/c1-21-8-7-9-23(18-21)27(14-5-6-15-27)20-28-26(31)22-12-16-29(17-13-22)25(30)19-32-24-10-3-2-4-11-24/h2-4,7-11,18,22H,5-6,12-17,19-20H2,1H3,(H,28,31). The Kier molecular flexibility index (Phi) is 7.13. The van der Waals surface area contributed by atoms with Crippen LogP contribution in [0.1, 0.15) is 49.7 Å². The summed E-state index contributed by atoms with van der Waals surface area (Å²) in [5.41, 5.74) is 2.69. The number of para-hydroxylation sites is 1. The summed E-state index contributed by atoms with van der Waals surface area (Å²) in [6.45, 7) is 4.10. The molecule has 5 nitrogen and oxygen atoms in total. The second kappa shape index (κ2) is 10.2. The summed E-state index contributed by atoms with van der Waals surface area (Å²) in [6, 6.07) is 18.1. The molecule has 1 heterocycles. The summed E-state index contributed by atoms with van der Waals surface area (Å²) in [7, 11) is 0. The van der Waals surface area contributed by atoms with Crippen molar-refractivity contribution in [2.75, 3.05) is 26.2 Å². The van der Waals surface area contributed by atoms with Gasteiger partial charge in [-0.05, 0) is 50.3 Å². The van der Waals surface area contributed by atoms with Crippen LogP contribution in [0.5, 0.6) is 5.75 Å². The Morgan fingerprint density at radius 1 is 1.03 bits per heavy atom. The lowest BCUT2D eigenvalue weighted by Crippen LogP contribution is -2.46. The monoisotopic (exact) mass is 434 g/mol. The molecule has 1 saturated carbocycles. The van der Waals surface area contributed by atoms with Gasteiger partial charge in [0, 0.05) is 31.0 Å². The summed E-state index contributed by atoms with van der Waals surface area (Å²) >= 11 is 0. The maximum Gasteiger partial charge on any atom is 0.260 e. The lowest BCUT2D eigenvalue weighted by molar-refractivity contribution is -0.137. The minimum absolute atomic E-state index is 0.0166.